The highest BCUT2D eigenvalue weighted by Gasteiger charge is 2.23. The van der Waals surface area contributed by atoms with E-state index in [1.165, 1.54) is 5.69 Å². The Morgan fingerprint density at radius 2 is 2.44 bits per heavy atom. The van der Waals surface area contributed by atoms with Crippen LogP contribution in [-0.2, 0) is 12.8 Å². The Hall–Kier alpha value is -1.55. The van der Waals surface area contributed by atoms with Crippen LogP contribution >= 0.6 is 0 Å². The van der Waals surface area contributed by atoms with Crippen LogP contribution in [0.2, 0.25) is 0 Å². The summed E-state index contributed by atoms with van der Waals surface area (Å²) in [5.41, 5.74) is 9.31. The van der Waals surface area contributed by atoms with Crippen molar-refractivity contribution in [2.75, 3.05) is 0 Å². The van der Waals surface area contributed by atoms with Gasteiger partial charge in [0.15, 0.2) is 0 Å². The minimum atomic E-state index is 0.000881. The minimum Gasteiger partial charge on any atom is -0.469 e. The first kappa shape index (κ1) is 9.66. The molecule has 0 bridgehead atoms. The van der Waals surface area contributed by atoms with Gasteiger partial charge in [0, 0.05) is 17.7 Å². The van der Waals surface area contributed by atoms with Gasteiger partial charge in [-0.3, -0.25) is 0 Å². The summed E-state index contributed by atoms with van der Waals surface area (Å²) in [6.45, 7) is 2.06. The van der Waals surface area contributed by atoms with Crippen LogP contribution in [0.1, 0.15) is 36.7 Å². The monoisotopic (exact) mass is 217 g/mol. The molecule has 0 fully saturated rings. The van der Waals surface area contributed by atoms with Crippen molar-refractivity contribution in [3.8, 4) is 11.3 Å². The maximum atomic E-state index is 5.98. The zero-order valence-electron chi connectivity index (χ0n) is 9.29. The highest BCUT2D eigenvalue weighted by atomic mass is 16.3. The average molecular weight is 217 g/mol. The Balaban J connectivity index is 2.08. The van der Waals surface area contributed by atoms with Crippen molar-refractivity contribution in [1.29, 1.82) is 0 Å². The number of nitrogens with two attached hydrogens (primary N) is 1. The molecule has 1 aliphatic rings. The maximum absolute atomic E-state index is 5.98. The predicted molar refractivity (Wildman–Crippen MR) is 60.9 cm³/mol. The number of hydrogen-bond acceptors (Lipinski definition) is 3. The van der Waals surface area contributed by atoms with E-state index in [1.807, 2.05) is 6.07 Å². The number of furan rings is 1. The number of H-pyrrole nitrogens is 1. The molecule has 0 spiro atoms. The quantitative estimate of drug-likeness (QED) is 0.810. The molecule has 1 atom stereocenters. The van der Waals surface area contributed by atoms with E-state index in [9.17, 15) is 0 Å². The number of rotatable bonds is 2. The van der Waals surface area contributed by atoms with E-state index >= 15 is 0 Å². The maximum Gasteiger partial charge on any atom is 0.123 e. The van der Waals surface area contributed by atoms with Gasteiger partial charge in [-0.15, -0.1) is 0 Å². The number of aromatic nitrogens is 2. The molecule has 0 aromatic carbocycles. The second-order valence-corrected chi connectivity index (χ2v) is 4.22. The third kappa shape index (κ3) is 1.30. The molecule has 0 radical (unpaired) electrons. The summed E-state index contributed by atoms with van der Waals surface area (Å²) in [7, 11) is 0. The fourth-order valence-electron chi connectivity index (χ4n) is 2.19. The lowest BCUT2D eigenvalue weighted by molar-refractivity contribution is 0.506. The van der Waals surface area contributed by atoms with Gasteiger partial charge in [0.25, 0.3) is 0 Å². The van der Waals surface area contributed by atoms with E-state index in [1.54, 1.807) is 6.26 Å². The lowest BCUT2D eigenvalue weighted by atomic mass is 10.00. The minimum absolute atomic E-state index is 0.000881. The van der Waals surface area contributed by atoms with E-state index < -0.39 is 0 Å². The van der Waals surface area contributed by atoms with Crippen molar-refractivity contribution in [3.05, 3.63) is 29.6 Å². The standard InChI is InChI=1S/C12H15N3O/c1-2-8(13)12-14-9-3-4-10-7(5-6-16-10)11(9)15-12/h5-6,8H,2-4,13H2,1H3,(H,14,15). The number of aryl methyl sites for hydroxylation is 2. The molecule has 0 amide bonds. The molecule has 3 N–H and O–H groups in total. The number of nitrogens with zero attached hydrogens (tertiary/aromatic N) is 1. The van der Waals surface area contributed by atoms with E-state index in [0.29, 0.717) is 0 Å². The number of aromatic amines is 1. The van der Waals surface area contributed by atoms with E-state index in [4.69, 9.17) is 10.2 Å². The molecule has 2 aromatic heterocycles. The summed E-state index contributed by atoms with van der Waals surface area (Å²) in [6.07, 6.45) is 4.52. The molecular weight excluding hydrogens is 202 g/mol. The highest BCUT2D eigenvalue weighted by Crippen LogP contribution is 2.33. The first-order valence-corrected chi connectivity index (χ1v) is 5.70. The Kier molecular flexibility index (Phi) is 2.11. The fraction of sp³-hybridized carbons (Fsp3) is 0.417. The molecule has 0 saturated carbocycles. The second-order valence-electron chi connectivity index (χ2n) is 4.22. The van der Waals surface area contributed by atoms with Gasteiger partial charge >= 0.3 is 0 Å². The van der Waals surface area contributed by atoms with Gasteiger partial charge in [-0.05, 0) is 18.9 Å². The second kappa shape index (κ2) is 3.49. The lowest BCUT2D eigenvalue weighted by Gasteiger charge is -2.08. The van der Waals surface area contributed by atoms with Crippen molar-refractivity contribution in [1.82, 2.24) is 9.97 Å². The van der Waals surface area contributed by atoms with E-state index in [2.05, 4.69) is 16.9 Å². The summed E-state index contributed by atoms with van der Waals surface area (Å²) >= 11 is 0. The zero-order chi connectivity index (χ0) is 11.1. The summed E-state index contributed by atoms with van der Waals surface area (Å²) in [4.78, 5) is 7.93. The van der Waals surface area contributed by atoms with Crippen LogP contribution in [0.25, 0.3) is 11.3 Å². The van der Waals surface area contributed by atoms with Crippen LogP contribution < -0.4 is 5.73 Å². The fourth-order valence-corrected chi connectivity index (χ4v) is 2.19. The van der Waals surface area contributed by atoms with Gasteiger partial charge < -0.3 is 15.1 Å². The summed E-state index contributed by atoms with van der Waals surface area (Å²) in [6, 6.07) is 1.98. The molecule has 4 heteroatoms. The number of nitrogens with one attached hydrogen (secondary N) is 1. The van der Waals surface area contributed by atoms with Gasteiger partial charge in [0.2, 0.25) is 0 Å². The lowest BCUT2D eigenvalue weighted by Crippen LogP contribution is -2.10. The molecule has 2 heterocycles. The molecule has 1 unspecified atom stereocenters. The largest absolute Gasteiger partial charge is 0.469 e. The van der Waals surface area contributed by atoms with Gasteiger partial charge in [0.05, 0.1) is 18.0 Å². The summed E-state index contributed by atoms with van der Waals surface area (Å²) in [5.74, 6) is 1.93. The van der Waals surface area contributed by atoms with Crippen molar-refractivity contribution in [2.45, 2.75) is 32.2 Å². The van der Waals surface area contributed by atoms with Crippen molar-refractivity contribution in [3.63, 3.8) is 0 Å². The number of hydrogen-bond donors (Lipinski definition) is 2. The summed E-state index contributed by atoms with van der Waals surface area (Å²) < 4.78 is 5.42. The van der Waals surface area contributed by atoms with Crippen molar-refractivity contribution < 1.29 is 4.42 Å². The van der Waals surface area contributed by atoms with E-state index in [-0.39, 0.29) is 6.04 Å². The van der Waals surface area contributed by atoms with Crippen molar-refractivity contribution in [2.24, 2.45) is 5.73 Å². The Morgan fingerprint density at radius 1 is 1.56 bits per heavy atom. The van der Waals surface area contributed by atoms with Crippen LogP contribution in [-0.4, -0.2) is 9.97 Å². The van der Waals surface area contributed by atoms with Gasteiger partial charge in [-0.25, -0.2) is 4.98 Å². The first-order chi connectivity index (χ1) is 7.79. The number of imidazole rings is 1. The van der Waals surface area contributed by atoms with Gasteiger partial charge in [-0.2, -0.15) is 0 Å². The van der Waals surface area contributed by atoms with Gasteiger partial charge in [0.1, 0.15) is 11.6 Å². The molecular formula is C12H15N3O. The van der Waals surface area contributed by atoms with Crippen molar-refractivity contribution >= 4 is 0 Å². The molecule has 84 valence electrons. The molecule has 1 aliphatic carbocycles. The normalized spacial score (nSPS) is 15.6. The third-order valence-corrected chi connectivity index (χ3v) is 3.19. The Labute approximate surface area is 93.9 Å². The SMILES string of the molecule is CCC(N)c1nc2c([nH]1)CCc1occc1-2. The van der Waals surface area contributed by atoms with Gasteiger partial charge in [-0.1, -0.05) is 6.92 Å². The van der Waals surface area contributed by atoms with Crippen LogP contribution in [0.15, 0.2) is 16.7 Å². The van der Waals surface area contributed by atoms with Crippen LogP contribution in [0.3, 0.4) is 0 Å². The first-order valence-electron chi connectivity index (χ1n) is 5.70. The summed E-state index contributed by atoms with van der Waals surface area (Å²) in [5, 5.41) is 0. The Bertz CT molecular complexity index is 512. The molecule has 3 rings (SSSR count). The topological polar surface area (TPSA) is 67.8 Å². The van der Waals surface area contributed by atoms with E-state index in [0.717, 1.165) is 42.1 Å². The zero-order valence-corrected chi connectivity index (χ0v) is 9.29. The molecule has 2 aromatic rings. The molecule has 0 aliphatic heterocycles. The van der Waals surface area contributed by atoms with Crippen LogP contribution in [0.5, 0.6) is 0 Å². The molecule has 4 nitrogen and oxygen atoms in total. The predicted octanol–water partition coefficient (Wildman–Crippen LogP) is 2.18. The average Bonchev–Trinajstić information content (AvgIpc) is 2.92. The molecule has 16 heavy (non-hydrogen) atoms. The van der Waals surface area contributed by atoms with Crippen LogP contribution in [0, 0.1) is 0 Å². The molecule has 0 saturated heterocycles. The third-order valence-electron chi connectivity index (χ3n) is 3.19. The number of fused-ring (bicyclic) bond motifs is 3. The Morgan fingerprint density at radius 3 is 3.25 bits per heavy atom. The smallest absolute Gasteiger partial charge is 0.123 e. The highest BCUT2D eigenvalue weighted by molar-refractivity contribution is 5.66. The van der Waals surface area contributed by atoms with Crippen LogP contribution in [0.4, 0.5) is 0 Å².